The molecule has 0 N–H and O–H groups in total. The lowest BCUT2D eigenvalue weighted by atomic mass is 10.1. The predicted octanol–water partition coefficient (Wildman–Crippen LogP) is 11.2. The van der Waals surface area contributed by atoms with E-state index in [1.165, 1.54) is 0 Å². The highest BCUT2D eigenvalue weighted by atomic mass is 16.5. The molecule has 0 aliphatic carbocycles. The molecule has 11 nitrogen and oxygen atoms in total. The Morgan fingerprint density at radius 1 is 0.444 bits per heavy atom. The molecule has 0 unspecified atom stereocenters. The van der Waals surface area contributed by atoms with E-state index in [0.717, 1.165) is 70.8 Å². The maximum atomic E-state index is 6.25. The zero-order chi connectivity index (χ0) is 37.1. The fraction of sp³-hybridized carbons (Fsp3) is 0.209. The largest absolute Gasteiger partial charge is 0.497 e. The maximum Gasteiger partial charge on any atom is 0.248 e. The van der Waals surface area contributed by atoms with Crippen molar-refractivity contribution in [3.05, 3.63) is 126 Å². The average molecular weight is 721 g/mol. The molecule has 0 radical (unpaired) electrons. The van der Waals surface area contributed by atoms with Crippen molar-refractivity contribution in [3.63, 3.8) is 0 Å². The van der Waals surface area contributed by atoms with Crippen molar-refractivity contribution in [3.8, 4) is 63.1 Å². The van der Waals surface area contributed by atoms with Crippen LogP contribution in [-0.4, -0.2) is 40.7 Å². The van der Waals surface area contributed by atoms with Gasteiger partial charge in [0.1, 0.15) is 17.2 Å². The lowest BCUT2D eigenvalue weighted by Gasteiger charge is -2.09. The van der Waals surface area contributed by atoms with Crippen molar-refractivity contribution in [2.24, 2.45) is 10.2 Å². The number of rotatable bonds is 16. The molecule has 2 heterocycles. The van der Waals surface area contributed by atoms with Crippen LogP contribution in [0, 0.1) is 13.8 Å². The molecule has 0 bridgehead atoms. The number of azo groups is 1. The second-order valence-corrected chi connectivity index (χ2v) is 12.8. The number of nitrogens with zero attached hydrogens (tertiary/aromatic N) is 6. The SMILES string of the molecule is COc1ccc(N=Nc2ccc(OCCCCCCOc3cc(-c4nnc(-c5ccc(C)cc5)o4)cc(-c4nnc(-c5ccc(C)cc5)o4)c3)cc2)cc1. The Balaban J connectivity index is 0.928. The summed E-state index contributed by atoms with van der Waals surface area (Å²) in [6.45, 7) is 5.24. The Morgan fingerprint density at radius 3 is 1.30 bits per heavy atom. The number of aryl methyl sites for hydroxylation is 2. The third kappa shape index (κ3) is 9.43. The zero-order valence-electron chi connectivity index (χ0n) is 30.4. The van der Waals surface area contributed by atoms with Crippen LogP contribution in [0.15, 0.2) is 134 Å². The van der Waals surface area contributed by atoms with Gasteiger partial charge in [-0.1, -0.05) is 35.4 Å². The predicted molar refractivity (Wildman–Crippen MR) is 206 cm³/mol. The van der Waals surface area contributed by atoms with Crippen molar-refractivity contribution < 1.29 is 23.0 Å². The molecular weight excluding hydrogens is 681 g/mol. The molecule has 0 saturated heterocycles. The van der Waals surface area contributed by atoms with Gasteiger partial charge >= 0.3 is 0 Å². The van der Waals surface area contributed by atoms with E-state index in [9.17, 15) is 0 Å². The van der Waals surface area contributed by atoms with E-state index in [4.69, 9.17) is 23.0 Å². The Hall–Kier alpha value is -6.62. The summed E-state index contributed by atoms with van der Waals surface area (Å²) < 4.78 is 29.6. The molecule has 7 aromatic rings. The molecule has 5 aromatic carbocycles. The highest BCUT2D eigenvalue weighted by molar-refractivity contribution is 5.69. The Morgan fingerprint density at radius 2 is 0.852 bits per heavy atom. The van der Waals surface area contributed by atoms with E-state index in [1.54, 1.807) is 7.11 Å². The Labute approximate surface area is 313 Å². The zero-order valence-corrected chi connectivity index (χ0v) is 30.4. The number of unbranched alkanes of at least 4 members (excludes halogenated alkanes) is 3. The van der Waals surface area contributed by atoms with Gasteiger partial charge in [-0.2, -0.15) is 10.2 Å². The minimum Gasteiger partial charge on any atom is -0.497 e. The third-order valence-corrected chi connectivity index (χ3v) is 8.61. The van der Waals surface area contributed by atoms with Crippen molar-refractivity contribution >= 4 is 11.4 Å². The number of hydrogen-bond donors (Lipinski definition) is 0. The van der Waals surface area contributed by atoms with Gasteiger partial charge in [-0.15, -0.1) is 20.4 Å². The summed E-state index contributed by atoms with van der Waals surface area (Å²) >= 11 is 0. The molecule has 0 aliphatic heterocycles. The molecule has 2 aromatic heterocycles. The van der Waals surface area contributed by atoms with E-state index < -0.39 is 0 Å². The van der Waals surface area contributed by atoms with Gasteiger partial charge in [0.25, 0.3) is 0 Å². The number of hydrogen-bond acceptors (Lipinski definition) is 11. The topological polar surface area (TPSA) is 130 Å². The molecule has 0 aliphatic rings. The highest BCUT2D eigenvalue weighted by Gasteiger charge is 2.17. The lowest BCUT2D eigenvalue weighted by Crippen LogP contribution is -2.00. The van der Waals surface area contributed by atoms with E-state index in [1.807, 2.05) is 129 Å². The third-order valence-electron chi connectivity index (χ3n) is 8.61. The monoisotopic (exact) mass is 720 g/mol. The van der Waals surface area contributed by atoms with E-state index in [-0.39, 0.29) is 0 Å². The van der Waals surface area contributed by atoms with Crippen LogP contribution in [0.1, 0.15) is 36.8 Å². The first-order chi connectivity index (χ1) is 26.5. The molecule has 0 spiro atoms. The smallest absolute Gasteiger partial charge is 0.248 e. The number of methoxy groups -OCH3 is 1. The molecule has 11 heteroatoms. The summed E-state index contributed by atoms with van der Waals surface area (Å²) in [5.74, 6) is 3.83. The average Bonchev–Trinajstić information content (AvgIpc) is 3.91. The van der Waals surface area contributed by atoms with Gasteiger partial charge < -0.3 is 23.0 Å². The minimum atomic E-state index is 0.364. The van der Waals surface area contributed by atoms with Crippen molar-refractivity contribution in [2.75, 3.05) is 20.3 Å². The van der Waals surface area contributed by atoms with Crippen LogP contribution in [0.2, 0.25) is 0 Å². The summed E-state index contributed by atoms with van der Waals surface area (Å²) in [6, 6.07) is 36.6. The van der Waals surface area contributed by atoms with Crippen molar-refractivity contribution in [2.45, 2.75) is 39.5 Å². The summed E-state index contributed by atoms with van der Waals surface area (Å²) in [7, 11) is 1.64. The van der Waals surface area contributed by atoms with Gasteiger partial charge in [-0.25, -0.2) is 0 Å². The van der Waals surface area contributed by atoms with Crippen LogP contribution in [0.4, 0.5) is 11.4 Å². The van der Waals surface area contributed by atoms with Crippen molar-refractivity contribution in [1.29, 1.82) is 0 Å². The molecule has 0 atom stereocenters. The highest BCUT2D eigenvalue weighted by Crippen LogP contribution is 2.33. The fourth-order valence-corrected chi connectivity index (χ4v) is 5.55. The maximum absolute atomic E-state index is 6.25. The summed E-state index contributed by atoms with van der Waals surface area (Å²) in [6.07, 6.45) is 3.81. The second kappa shape index (κ2) is 17.3. The second-order valence-electron chi connectivity index (χ2n) is 12.8. The quantitative estimate of drug-likeness (QED) is 0.0707. The van der Waals surface area contributed by atoms with E-state index in [2.05, 4.69) is 30.6 Å². The van der Waals surface area contributed by atoms with Crippen LogP contribution in [-0.2, 0) is 0 Å². The summed E-state index contributed by atoms with van der Waals surface area (Å²) in [5, 5.41) is 25.9. The van der Waals surface area contributed by atoms with Crippen LogP contribution in [0.25, 0.3) is 45.8 Å². The van der Waals surface area contributed by atoms with Crippen LogP contribution < -0.4 is 14.2 Å². The molecule has 272 valence electrons. The van der Waals surface area contributed by atoms with Crippen LogP contribution in [0.5, 0.6) is 17.2 Å². The van der Waals surface area contributed by atoms with E-state index >= 15 is 0 Å². The Kier molecular flexibility index (Phi) is 11.4. The van der Waals surface area contributed by atoms with Crippen LogP contribution >= 0.6 is 0 Å². The summed E-state index contributed by atoms with van der Waals surface area (Å²) in [5.41, 5.74) is 6.88. The standard InChI is InChI=1S/C43H40N6O5/c1-29-8-12-31(13-9-29)40-46-48-42(53-40)33-26-34(43-49-47-41(54-43)32-14-10-30(2)11-15-32)28-39(27-33)52-25-7-5-4-6-24-51-38-22-18-36(19-23-38)45-44-35-16-20-37(50-3)21-17-35/h8-23,26-28H,4-7,24-25H2,1-3H3. The van der Waals surface area contributed by atoms with Crippen LogP contribution in [0.3, 0.4) is 0 Å². The first-order valence-corrected chi connectivity index (χ1v) is 17.9. The van der Waals surface area contributed by atoms with Gasteiger partial charge in [-0.3, -0.25) is 0 Å². The molecule has 0 fully saturated rings. The Bertz CT molecular complexity index is 2180. The van der Waals surface area contributed by atoms with Gasteiger partial charge in [-0.05, 0) is 131 Å². The normalized spacial score (nSPS) is 11.2. The molecule has 0 amide bonds. The molecule has 7 rings (SSSR count). The van der Waals surface area contributed by atoms with Crippen molar-refractivity contribution in [1.82, 2.24) is 20.4 Å². The van der Waals surface area contributed by atoms with E-state index in [0.29, 0.717) is 53.7 Å². The number of benzene rings is 5. The number of ether oxygens (including phenoxy) is 3. The van der Waals surface area contributed by atoms with Gasteiger partial charge in [0.15, 0.2) is 0 Å². The first-order valence-electron chi connectivity index (χ1n) is 17.9. The lowest BCUT2D eigenvalue weighted by molar-refractivity contribution is 0.287. The molecule has 54 heavy (non-hydrogen) atoms. The number of aromatic nitrogens is 4. The minimum absolute atomic E-state index is 0.364. The fourth-order valence-electron chi connectivity index (χ4n) is 5.55. The van der Waals surface area contributed by atoms with Gasteiger partial charge in [0.05, 0.1) is 31.7 Å². The van der Waals surface area contributed by atoms with Gasteiger partial charge in [0, 0.05) is 22.3 Å². The van der Waals surface area contributed by atoms with Gasteiger partial charge in [0.2, 0.25) is 23.6 Å². The molecule has 0 saturated carbocycles. The molecular formula is C43H40N6O5. The summed E-state index contributed by atoms with van der Waals surface area (Å²) in [4.78, 5) is 0. The first kappa shape index (κ1) is 35.8.